The van der Waals surface area contributed by atoms with E-state index in [1.807, 2.05) is 26.0 Å². The Morgan fingerprint density at radius 2 is 1.96 bits per heavy atom. The van der Waals surface area contributed by atoms with Gasteiger partial charge in [0.15, 0.2) is 23.0 Å². The van der Waals surface area contributed by atoms with Crippen LogP contribution in [0.3, 0.4) is 0 Å². The van der Waals surface area contributed by atoms with Crippen LogP contribution in [0.25, 0.3) is 5.57 Å². The number of benzene rings is 1. The molecule has 24 heavy (non-hydrogen) atoms. The molecule has 0 aromatic heterocycles. The highest BCUT2D eigenvalue weighted by Crippen LogP contribution is 2.58. The highest BCUT2D eigenvalue weighted by atomic mass is 31.2. The monoisotopic (exact) mass is 350 g/mol. The second-order valence-corrected chi connectivity index (χ2v) is 6.89. The smallest absolute Gasteiger partial charge is 0.395 e. The van der Waals surface area contributed by atoms with E-state index in [-0.39, 0.29) is 19.5 Å². The van der Waals surface area contributed by atoms with Crippen molar-refractivity contribution >= 4 is 14.2 Å². The Bertz CT molecular complexity index is 800. The van der Waals surface area contributed by atoms with Crippen molar-refractivity contribution in [1.29, 1.82) is 0 Å². The molecule has 1 N–H and O–H groups in total. The third-order valence-corrected chi connectivity index (χ3v) is 5.25. The van der Waals surface area contributed by atoms with E-state index in [4.69, 9.17) is 28.0 Å². The van der Waals surface area contributed by atoms with Crippen molar-refractivity contribution in [3.8, 4) is 17.2 Å². The molecule has 4 aliphatic rings. The molecule has 5 rings (SSSR count). The zero-order valence-electron chi connectivity index (χ0n) is 13.1. The molecule has 1 aromatic rings. The maximum atomic E-state index is 10.2. The van der Waals surface area contributed by atoms with Crippen molar-refractivity contribution in [2.24, 2.45) is 5.92 Å². The van der Waals surface area contributed by atoms with Crippen LogP contribution in [-0.2, 0) is 14.0 Å². The van der Waals surface area contributed by atoms with Gasteiger partial charge in [0.25, 0.3) is 0 Å². The van der Waals surface area contributed by atoms with Crippen LogP contribution >= 0.6 is 8.60 Å². The molecule has 0 radical (unpaired) electrons. The molecule has 126 valence electrons. The fraction of sp³-hybridized carbons (Fsp3) is 0.375. The summed E-state index contributed by atoms with van der Waals surface area (Å²) in [5.74, 6) is 3.03. The SMILES string of the molecule is Cc1cc2c(c3c1OP(O)O[C@@H]1C3=C3OCOC3=CC1C)OCO2. The van der Waals surface area contributed by atoms with Gasteiger partial charge >= 0.3 is 8.60 Å². The Labute approximate surface area is 139 Å². The van der Waals surface area contributed by atoms with E-state index in [1.54, 1.807) is 0 Å². The molecule has 3 atom stereocenters. The molecule has 7 nitrogen and oxygen atoms in total. The second-order valence-electron chi connectivity index (χ2n) is 6.03. The predicted molar refractivity (Wildman–Crippen MR) is 83.1 cm³/mol. The van der Waals surface area contributed by atoms with Crippen LogP contribution in [-0.4, -0.2) is 24.6 Å². The molecule has 1 aliphatic carbocycles. The second kappa shape index (κ2) is 5.02. The van der Waals surface area contributed by atoms with Crippen LogP contribution in [0.4, 0.5) is 0 Å². The minimum atomic E-state index is -2.07. The van der Waals surface area contributed by atoms with E-state index in [2.05, 4.69) is 0 Å². The topological polar surface area (TPSA) is 75.6 Å². The average Bonchev–Trinajstić information content (AvgIpc) is 3.15. The van der Waals surface area contributed by atoms with Gasteiger partial charge in [0.2, 0.25) is 13.6 Å². The number of hydrogen-bond donors (Lipinski definition) is 1. The summed E-state index contributed by atoms with van der Waals surface area (Å²) >= 11 is 0. The molecule has 8 heteroatoms. The van der Waals surface area contributed by atoms with E-state index in [0.717, 1.165) is 11.1 Å². The third-order valence-electron chi connectivity index (χ3n) is 4.51. The maximum absolute atomic E-state index is 10.2. The Hall–Kier alpha value is -1.95. The lowest BCUT2D eigenvalue weighted by molar-refractivity contribution is 0.0980. The van der Waals surface area contributed by atoms with Crippen LogP contribution in [0.5, 0.6) is 17.2 Å². The van der Waals surface area contributed by atoms with Crippen molar-refractivity contribution in [2.45, 2.75) is 20.0 Å². The van der Waals surface area contributed by atoms with Gasteiger partial charge in [0, 0.05) is 11.5 Å². The van der Waals surface area contributed by atoms with E-state index in [9.17, 15) is 4.89 Å². The molecule has 0 amide bonds. The molecular formula is C16H15O7P. The van der Waals surface area contributed by atoms with Gasteiger partial charge in [-0.05, 0) is 24.6 Å². The zero-order valence-corrected chi connectivity index (χ0v) is 14.0. The number of fused-ring (bicyclic) bond motifs is 6. The van der Waals surface area contributed by atoms with E-state index in [1.165, 1.54) is 0 Å². The summed E-state index contributed by atoms with van der Waals surface area (Å²) in [6.07, 6.45) is 1.52. The van der Waals surface area contributed by atoms with Gasteiger partial charge in [0.05, 0.1) is 5.56 Å². The molecule has 3 heterocycles. The standard InChI is InChI=1S/C16H15O7P/c1-7-3-9-15(20-5-18-9)11-12-14(23-24(17)22-13(7)11)8(2)4-10-16(12)21-6-19-10/h3-4,7,13,17H,5-6H2,1-2H3/t7?,13-,24?/m0/s1. The maximum Gasteiger partial charge on any atom is 0.395 e. The molecule has 0 spiro atoms. The van der Waals surface area contributed by atoms with E-state index < -0.39 is 14.7 Å². The zero-order chi connectivity index (χ0) is 16.4. The van der Waals surface area contributed by atoms with Crippen molar-refractivity contribution in [3.05, 3.63) is 34.8 Å². The summed E-state index contributed by atoms with van der Waals surface area (Å²) in [7, 11) is -2.07. The van der Waals surface area contributed by atoms with Crippen LogP contribution in [0, 0.1) is 12.8 Å². The van der Waals surface area contributed by atoms with Crippen LogP contribution in [0.1, 0.15) is 18.1 Å². The summed E-state index contributed by atoms with van der Waals surface area (Å²) in [5.41, 5.74) is 2.32. The molecule has 1 fully saturated rings. The fourth-order valence-electron chi connectivity index (χ4n) is 3.46. The minimum Gasteiger partial charge on any atom is -0.454 e. The summed E-state index contributed by atoms with van der Waals surface area (Å²) in [5, 5.41) is 0. The number of aryl methyl sites for hydroxylation is 1. The predicted octanol–water partition coefficient (Wildman–Crippen LogP) is 2.97. The largest absolute Gasteiger partial charge is 0.454 e. The Morgan fingerprint density at radius 1 is 1.12 bits per heavy atom. The van der Waals surface area contributed by atoms with E-state index >= 15 is 0 Å². The van der Waals surface area contributed by atoms with Gasteiger partial charge in [0.1, 0.15) is 11.9 Å². The van der Waals surface area contributed by atoms with Gasteiger partial charge in [-0.2, -0.15) is 0 Å². The summed E-state index contributed by atoms with van der Waals surface area (Å²) in [6.45, 7) is 4.19. The number of ether oxygens (including phenoxy) is 4. The van der Waals surface area contributed by atoms with E-state index in [0.29, 0.717) is 34.3 Å². The van der Waals surface area contributed by atoms with Gasteiger partial charge in [-0.15, -0.1) is 0 Å². The molecule has 1 aromatic carbocycles. The first-order valence-corrected chi connectivity index (χ1v) is 8.76. The molecule has 3 aliphatic heterocycles. The third kappa shape index (κ3) is 1.89. The highest BCUT2D eigenvalue weighted by Gasteiger charge is 2.44. The van der Waals surface area contributed by atoms with Crippen molar-refractivity contribution < 1.29 is 32.9 Å². The van der Waals surface area contributed by atoms with Crippen LogP contribution < -0.4 is 14.0 Å². The average molecular weight is 350 g/mol. The molecule has 0 bridgehead atoms. The minimum absolute atomic E-state index is 0.0226. The Balaban J connectivity index is 1.85. The first-order chi connectivity index (χ1) is 11.6. The molecular weight excluding hydrogens is 335 g/mol. The van der Waals surface area contributed by atoms with Crippen molar-refractivity contribution in [1.82, 2.24) is 0 Å². The van der Waals surface area contributed by atoms with Crippen molar-refractivity contribution in [2.75, 3.05) is 13.6 Å². The summed E-state index contributed by atoms with van der Waals surface area (Å²) in [6, 6.07) is 1.84. The van der Waals surface area contributed by atoms with Crippen LogP contribution in [0.2, 0.25) is 0 Å². The highest BCUT2D eigenvalue weighted by molar-refractivity contribution is 7.41. The van der Waals surface area contributed by atoms with Gasteiger partial charge < -0.3 is 28.4 Å². The Morgan fingerprint density at radius 3 is 2.83 bits per heavy atom. The first kappa shape index (κ1) is 14.4. The van der Waals surface area contributed by atoms with Gasteiger partial charge in [-0.3, -0.25) is 4.52 Å². The van der Waals surface area contributed by atoms with Crippen molar-refractivity contribution in [3.63, 3.8) is 0 Å². The van der Waals surface area contributed by atoms with Gasteiger partial charge in [-0.25, -0.2) is 0 Å². The fourth-order valence-corrected chi connectivity index (χ4v) is 4.38. The lowest BCUT2D eigenvalue weighted by Gasteiger charge is -2.27. The number of hydrogen-bond acceptors (Lipinski definition) is 7. The van der Waals surface area contributed by atoms with Gasteiger partial charge in [-0.1, -0.05) is 6.92 Å². The summed E-state index contributed by atoms with van der Waals surface area (Å²) in [4.78, 5) is 10.2. The van der Waals surface area contributed by atoms with Crippen LogP contribution in [0.15, 0.2) is 23.7 Å². The lowest BCUT2D eigenvalue weighted by atomic mass is 9.85. The number of rotatable bonds is 0. The molecule has 2 unspecified atom stereocenters. The first-order valence-electron chi connectivity index (χ1n) is 7.62. The molecule has 1 saturated heterocycles. The Kier molecular flexibility index (Phi) is 3.01. The summed E-state index contributed by atoms with van der Waals surface area (Å²) < 4.78 is 34.0. The normalized spacial score (nSPS) is 29.5. The lowest BCUT2D eigenvalue weighted by Crippen LogP contribution is -2.25. The quantitative estimate of drug-likeness (QED) is 0.721. The molecule has 0 saturated carbocycles.